The molecular weight excluding hydrogens is 244 g/mol. The van der Waals surface area contributed by atoms with Gasteiger partial charge in [0, 0.05) is 25.5 Å². The van der Waals surface area contributed by atoms with Crippen LogP contribution in [0.3, 0.4) is 0 Å². The first-order chi connectivity index (χ1) is 9.61. The van der Waals surface area contributed by atoms with Gasteiger partial charge in [-0.2, -0.15) is 0 Å². The third-order valence-electron chi connectivity index (χ3n) is 3.37. The third kappa shape index (κ3) is 3.02. The smallest absolute Gasteiger partial charge is 0.111 e. The van der Waals surface area contributed by atoms with Crippen molar-refractivity contribution >= 4 is 11.4 Å². The van der Waals surface area contributed by atoms with Crippen LogP contribution in [0.2, 0.25) is 0 Å². The number of para-hydroxylation sites is 2. The van der Waals surface area contributed by atoms with E-state index >= 15 is 0 Å². The summed E-state index contributed by atoms with van der Waals surface area (Å²) < 4.78 is 0. The number of allylic oxidation sites excluding steroid dienone is 1. The standard InChI is InChI=1S/C18H22N2/c1-15(2)18(19(3)16-11-7-5-8-12-16)20(4)17-13-9-6-10-14-17/h5-14H,1-4H3. The zero-order valence-corrected chi connectivity index (χ0v) is 12.7. The van der Waals surface area contributed by atoms with E-state index in [1.165, 1.54) is 22.8 Å². The van der Waals surface area contributed by atoms with Crippen molar-refractivity contribution < 1.29 is 0 Å². The molecule has 0 spiro atoms. The van der Waals surface area contributed by atoms with Crippen LogP contribution < -0.4 is 9.80 Å². The SMILES string of the molecule is CC(C)=C(N(C)c1ccccc1)N(C)c1ccccc1. The third-order valence-corrected chi connectivity index (χ3v) is 3.37. The second kappa shape index (κ2) is 6.29. The van der Waals surface area contributed by atoms with Gasteiger partial charge in [-0.1, -0.05) is 36.4 Å². The number of hydrogen-bond donors (Lipinski definition) is 0. The van der Waals surface area contributed by atoms with Crippen LogP contribution in [0.4, 0.5) is 11.4 Å². The molecule has 2 nitrogen and oxygen atoms in total. The second-order valence-electron chi connectivity index (χ2n) is 5.11. The first-order valence-corrected chi connectivity index (χ1v) is 6.86. The highest BCUT2D eigenvalue weighted by molar-refractivity contribution is 5.60. The van der Waals surface area contributed by atoms with E-state index in [2.05, 4.69) is 86.3 Å². The fourth-order valence-electron chi connectivity index (χ4n) is 2.44. The molecule has 0 aliphatic carbocycles. The van der Waals surface area contributed by atoms with Crippen molar-refractivity contribution in [2.45, 2.75) is 13.8 Å². The average Bonchev–Trinajstić information content (AvgIpc) is 2.48. The Kier molecular flexibility index (Phi) is 4.46. The number of hydrogen-bond acceptors (Lipinski definition) is 2. The molecule has 0 saturated carbocycles. The predicted molar refractivity (Wildman–Crippen MR) is 88.1 cm³/mol. The lowest BCUT2D eigenvalue weighted by atomic mass is 10.2. The van der Waals surface area contributed by atoms with E-state index in [0.717, 1.165) is 0 Å². The molecule has 0 aromatic heterocycles. The average molecular weight is 266 g/mol. The van der Waals surface area contributed by atoms with Gasteiger partial charge in [0.2, 0.25) is 0 Å². The highest BCUT2D eigenvalue weighted by Crippen LogP contribution is 2.25. The molecule has 2 rings (SSSR count). The largest absolute Gasteiger partial charge is 0.331 e. The van der Waals surface area contributed by atoms with Crippen LogP contribution in [0, 0.1) is 0 Å². The number of benzene rings is 2. The maximum atomic E-state index is 2.22. The lowest BCUT2D eigenvalue weighted by Crippen LogP contribution is -2.31. The number of rotatable bonds is 4. The van der Waals surface area contributed by atoms with E-state index in [-0.39, 0.29) is 0 Å². The maximum absolute atomic E-state index is 2.22. The fourth-order valence-corrected chi connectivity index (χ4v) is 2.44. The Labute approximate surface area is 122 Å². The first-order valence-electron chi connectivity index (χ1n) is 6.86. The minimum absolute atomic E-state index is 1.19. The highest BCUT2D eigenvalue weighted by Gasteiger charge is 2.14. The van der Waals surface area contributed by atoms with Gasteiger partial charge in [-0.05, 0) is 43.7 Å². The Balaban J connectivity index is 2.36. The van der Waals surface area contributed by atoms with E-state index in [1.54, 1.807) is 0 Å². The second-order valence-corrected chi connectivity index (χ2v) is 5.11. The summed E-state index contributed by atoms with van der Waals surface area (Å²) in [5, 5.41) is 0. The van der Waals surface area contributed by atoms with E-state index in [1.807, 2.05) is 12.1 Å². The van der Waals surface area contributed by atoms with Gasteiger partial charge in [0.05, 0.1) is 0 Å². The molecule has 0 unspecified atom stereocenters. The summed E-state index contributed by atoms with van der Waals surface area (Å²) in [6.07, 6.45) is 0. The monoisotopic (exact) mass is 266 g/mol. The lowest BCUT2D eigenvalue weighted by Gasteiger charge is -2.32. The Bertz CT molecular complexity index is 521. The Hall–Kier alpha value is -2.22. The summed E-state index contributed by atoms with van der Waals surface area (Å²) in [5.41, 5.74) is 3.65. The predicted octanol–water partition coefficient (Wildman–Crippen LogP) is 4.51. The quantitative estimate of drug-likeness (QED) is 0.803. The molecule has 0 atom stereocenters. The van der Waals surface area contributed by atoms with Crippen LogP contribution in [0.15, 0.2) is 72.1 Å². The molecule has 0 radical (unpaired) electrons. The number of nitrogens with zero attached hydrogens (tertiary/aromatic N) is 2. The van der Waals surface area contributed by atoms with Crippen LogP contribution in [-0.4, -0.2) is 14.1 Å². The molecule has 2 aromatic rings. The highest BCUT2D eigenvalue weighted by atomic mass is 15.3. The van der Waals surface area contributed by atoms with Gasteiger partial charge >= 0.3 is 0 Å². The Morgan fingerprint density at radius 3 is 1.30 bits per heavy atom. The van der Waals surface area contributed by atoms with Gasteiger partial charge in [-0.15, -0.1) is 0 Å². The topological polar surface area (TPSA) is 6.48 Å². The van der Waals surface area contributed by atoms with Crippen molar-refractivity contribution in [3.8, 4) is 0 Å². The first kappa shape index (κ1) is 14.2. The molecule has 0 amide bonds. The lowest BCUT2D eigenvalue weighted by molar-refractivity contribution is 0.945. The van der Waals surface area contributed by atoms with Crippen LogP contribution in [0.1, 0.15) is 13.8 Å². The summed E-state index contributed by atoms with van der Waals surface area (Å²) in [7, 11) is 4.22. The van der Waals surface area contributed by atoms with Gasteiger partial charge in [-0.3, -0.25) is 0 Å². The molecule has 2 heteroatoms. The summed E-state index contributed by atoms with van der Waals surface area (Å²) >= 11 is 0. The van der Waals surface area contributed by atoms with Gasteiger partial charge in [0.1, 0.15) is 5.82 Å². The molecule has 0 N–H and O–H groups in total. The number of anilines is 2. The normalized spacial score (nSPS) is 10.0. The van der Waals surface area contributed by atoms with Crippen LogP contribution >= 0.6 is 0 Å². The summed E-state index contributed by atoms with van der Waals surface area (Å²) in [6.45, 7) is 4.29. The molecule has 0 bridgehead atoms. The molecule has 0 aliphatic heterocycles. The molecular formula is C18H22N2. The van der Waals surface area contributed by atoms with Crippen molar-refractivity contribution in [3.63, 3.8) is 0 Å². The Morgan fingerprint density at radius 2 is 1.00 bits per heavy atom. The van der Waals surface area contributed by atoms with Crippen LogP contribution in [0.5, 0.6) is 0 Å². The van der Waals surface area contributed by atoms with E-state index in [9.17, 15) is 0 Å². The van der Waals surface area contributed by atoms with Crippen molar-refractivity contribution in [2.75, 3.05) is 23.9 Å². The van der Waals surface area contributed by atoms with E-state index in [0.29, 0.717) is 0 Å². The Morgan fingerprint density at radius 1 is 0.650 bits per heavy atom. The van der Waals surface area contributed by atoms with Gasteiger partial charge in [0.25, 0.3) is 0 Å². The molecule has 0 aliphatic rings. The summed E-state index contributed by atoms with van der Waals surface area (Å²) in [4.78, 5) is 4.45. The van der Waals surface area contributed by atoms with Crippen molar-refractivity contribution in [2.24, 2.45) is 0 Å². The minimum atomic E-state index is 1.19. The zero-order chi connectivity index (χ0) is 14.5. The fraction of sp³-hybridized carbons (Fsp3) is 0.222. The van der Waals surface area contributed by atoms with Gasteiger partial charge < -0.3 is 9.80 Å². The van der Waals surface area contributed by atoms with Crippen LogP contribution in [0.25, 0.3) is 0 Å². The molecule has 0 fully saturated rings. The van der Waals surface area contributed by atoms with Crippen LogP contribution in [-0.2, 0) is 0 Å². The van der Waals surface area contributed by atoms with E-state index < -0.39 is 0 Å². The maximum Gasteiger partial charge on any atom is 0.111 e. The van der Waals surface area contributed by atoms with Crippen molar-refractivity contribution in [1.82, 2.24) is 0 Å². The zero-order valence-electron chi connectivity index (χ0n) is 12.7. The van der Waals surface area contributed by atoms with Gasteiger partial charge in [-0.25, -0.2) is 0 Å². The summed E-state index contributed by atoms with van der Waals surface area (Å²) in [5.74, 6) is 1.20. The minimum Gasteiger partial charge on any atom is -0.331 e. The summed E-state index contributed by atoms with van der Waals surface area (Å²) in [6, 6.07) is 20.9. The van der Waals surface area contributed by atoms with Crippen molar-refractivity contribution in [3.05, 3.63) is 72.1 Å². The molecule has 0 heterocycles. The van der Waals surface area contributed by atoms with Crippen molar-refractivity contribution in [1.29, 1.82) is 0 Å². The molecule has 104 valence electrons. The molecule has 20 heavy (non-hydrogen) atoms. The van der Waals surface area contributed by atoms with E-state index in [4.69, 9.17) is 0 Å². The molecule has 0 saturated heterocycles. The molecule has 2 aromatic carbocycles. The van der Waals surface area contributed by atoms with Gasteiger partial charge in [0.15, 0.2) is 0 Å².